The molecule has 0 aromatic carbocycles. The standard InChI is InChI=1S/C56H99NO5/c1-4-7-10-13-16-19-21-23-25-26-27-28-30-32-34-37-40-43-46-49-56(61)62-52(47-44-41-38-36-33-31-29-24-22-20-17-14-11-8-5-2)50-55(60)57-53(51-58)54(59)48-45-42-39-35-18-15-12-9-6-3/h16-17,19-20,23-25,27-29,32,34,52-54,58-59H,4-15,18,21-22,26,30-31,33,35-51H2,1-3H3,(H,57,60)/b19-16-,20-17-,25-23-,28-27-,29-24-,34-32-. The molecule has 0 bridgehead atoms. The Kier molecular flexibility index (Phi) is 47.2. The van der Waals surface area contributed by atoms with Gasteiger partial charge in [-0.3, -0.25) is 9.59 Å². The molecule has 0 heterocycles. The molecule has 6 nitrogen and oxygen atoms in total. The van der Waals surface area contributed by atoms with E-state index in [1.165, 1.54) is 96.3 Å². The molecule has 0 spiro atoms. The topological polar surface area (TPSA) is 95.9 Å². The number of aliphatic hydroxyl groups excluding tert-OH is 2. The van der Waals surface area contributed by atoms with Crippen molar-refractivity contribution in [3.8, 4) is 0 Å². The number of unbranched alkanes of at least 4 members (excludes halogenated alkanes) is 22. The van der Waals surface area contributed by atoms with Crippen LogP contribution in [0.1, 0.15) is 245 Å². The van der Waals surface area contributed by atoms with Gasteiger partial charge < -0.3 is 20.3 Å². The molecule has 62 heavy (non-hydrogen) atoms. The molecule has 0 saturated carbocycles. The van der Waals surface area contributed by atoms with Gasteiger partial charge in [0.2, 0.25) is 5.91 Å². The number of hydrogen-bond acceptors (Lipinski definition) is 5. The van der Waals surface area contributed by atoms with Crippen LogP contribution in [-0.2, 0) is 14.3 Å². The third kappa shape index (κ3) is 43.9. The van der Waals surface area contributed by atoms with E-state index in [0.29, 0.717) is 19.3 Å². The second-order valence-electron chi connectivity index (χ2n) is 17.6. The van der Waals surface area contributed by atoms with Crippen molar-refractivity contribution in [1.29, 1.82) is 0 Å². The fourth-order valence-corrected chi connectivity index (χ4v) is 7.50. The van der Waals surface area contributed by atoms with E-state index < -0.39 is 18.2 Å². The SMILES string of the molecule is CCCCC/C=C\C/C=C\C/C=C\C/C=C\CCCCCC(=O)OC(CCCCCCC/C=C\C/C=C\CCCCC)CC(=O)NC(CO)C(O)CCCCCCCCCCC. The lowest BCUT2D eigenvalue weighted by Gasteiger charge is -2.24. The minimum atomic E-state index is -0.799. The van der Waals surface area contributed by atoms with Gasteiger partial charge in [0.25, 0.3) is 0 Å². The monoisotopic (exact) mass is 866 g/mol. The Hall–Kier alpha value is -2.70. The molecule has 0 saturated heterocycles. The highest BCUT2D eigenvalue weighted by Crippen LogP contribution is 2.17. The van der Waals surface area contributed by atoms with E-state index in [9.17, 15) is 19.8 Å². The van der Waals surface area contributed by atoms with Crippen LogP contribution in [0.3, 0.4) is 0 Å². The van der Waals surface area contributed by atoms with E-state index in [1.807, 2.05) is 0 Å². The summed E-state index contributed by atoms with van der Waals surface area (Å²) in [5.41, 5.74) is 0. The average Bonchev–Trinajstić information content (AvgIpc) is 3.26. The fraction of sp³-hybridized carbons (Fsp3) is 0.750. The fourth-order valence-electron chi connectivity index (χ4n) is 7.50. The Morgan fingerprint density at radius 3 is 1.27 bits per heavy atom. The Labute approximate surface area is 383 Å². The van der Waals surface area contributed by atoms with E-state index in [0.717, 1.165) is 103 Å². The summed E-state index contributed by atoms with van der Waals surface area (Å²) in [5, 5.41) is 23.7. The van der Waals surface area contributed by atoms with Crippen molar-refractivity contribution >= 4 is 11.9 Å². The number of ether oxygens (including phenoxy) is 1. The first-order valence-corrected chi connectivity index (χ1v) is 26.2. The third-order valence-corrected chi connectivity index (χ3v) is 11.5. The second-order valence-corrected chi connectivity index (χ2v) is 17.6. The third-order valence-electron chi connectivity index (χ3n) is 11.5. The molecule has 0 aromatic heterocycles. The Morgan fingerprint density at radius 2 is 0.823 bits per heavy atom. The molecule has 0 aromatic rings. The maximum Gasteiger partial charge on any atom is 0.306 e. The summed E-state index contributed by atoms with van der Waals surface area (Å²) in [6.45, 7) is 6.40. The Morgan fingerprint density at radius 1 is 0.468 bits per heavy atom. The lowest BCUT2D eigenvalue weighted by molar-refractivity contribution is -0.151. The van der Waals surface area contributed by atoms with Crippen LogP contribution in [0.15, 0.2) is 72.9 Å². The molecule has 3 N–H and O–H groups in total. The van der Waals surface area contributed by atoms with Crippen LogP contribution >= 0.6 is 0 Å². The van der Waals surface area contributed by atoms with Crippen LogP contribution in [0.2, 0.25) is 0 Å². The largest absolute Gasteiger partial charge is 0.462 e. The number of rotatable bonds is 46. The molecule has 6 heteroatoms. The molecular weight excluding hydrogens is 767 g/mol. The number of esters is 1. The van der Waals surface area contributed by atoms with Crippen LogP contribution in [0.5, 0.6) is 0 Å². The number of aliphatic hydroxyl groups is 2. The summed E-state index contributed by atoms with van der Waals surface area (Å²) >= 11 is 0. The molecule has 0 radical (unpaired) electrons. The zero-order valence-electron chi connectivity index (χ0n) is 40.7. The molecule has 0 aliphatic carbocycles. The minimum absolute atomic E-state index is 0.0525. The van der Waals surface area contributed by atoms with Gasteiger partial charge in [-0.05, 0) is 103 Å². The average molecular weight is 866 g/mol. The van der Waals surface area contributed by atoms with Crippen LogP contribution in [-0.4, -0.2) is 46.9 Å². The highest BCUT2D eigenvalue weighted by atomic mass is 16.5. The van der Waals surface area contributed by atoms with Gasteiger partial charge in [0.1, 0.15) is 6.10 Å². The van der Waals surface area contributed by atoms with Gasteiger partial charge >= 0.3 is 5.97 Å². The molecule has 358 valence electrons. The first-order chi connectivity index (χ1) is 30.5. The molecule has 3 unspecified atom stereocenters. The van der Waals surface area contributed by atoms with Crippen molar-refractivity contribution < 1.29 is 24.5 Å². The molecule has 0 aliphatic rings. The first-order valence-electron chi connectivity index (χ1n) is 26.2. The Balaban J connectivity index is 4.65. The van der Waals surface area contributed by atoms with Crippen molar-refractivity contribution in [2.45, 2.75) is 264 Å². The van der Waals surface area contributed by atoms with Gasteiger partial charge in [0.15, 0.2) is 0 Å². The summed E-state index contributed by atoms with van der Waals surface area (Å²) in [6.07, 6.45) is 62.4. The van der Waals surface area contributed by atoms with E-state index in [4.69, 9.17) is 4.74 Å². The van der Waals surface area contributed by atoms with Crippen LogP contribution < -0.4 is 5.32 Å². The highest BCUT2D eigenvalue weighted by molar-refractivity contribution is 5.77. The Bertz CT molecular complexity index is 1150. The lowest BCUT2D eigenvalue weighted by Crippen LogP contribution is -2.46. The molecular formula is C56H99NO5. The molecule has 1 amide bonds. The lowest BCUT2D eigenvalue weighted by atomic mass is 10.0. The van der Waals surface area contributed by atoms with Crippen molar-refractivity contribution in [1.82, 2.24) is 5.32 Å². The maximum atomic E-state index is 13.2. The summed E-state index contributed by atoms with van der Waals surface area (Å²) in [6, 6.07) is -0.714. The molecule has 0 fully saturated rings. The zero-order valence-corrected chi connectivity index (χ0v) is 40.7. The summed E-state index contributed by atoms with van der Waals surface area (Å²) in [5.74, 6) is -0.526. The minimum Gasteiger partial charge on any atom is -0.462 e. The van der Waals surface area contributed by atoms with Gasteiger partial charge in [-0.1, -0.05) is 203 Å². The van der Waals surface area contributed by atoms with Crippen molar-refractivity contribution in [3.05, 3.63) is 72.9 Å². The number of hydrogen-bond donors (Lipinski definition) is 3. The van der Waals surface area contributed by atoms with E-state index in [-0.39, 0.29) is 24.9 Å². The van der Waals surface area contributed by atoms with Gasteiger partial charge in [0.05, 0.1) is 25.2 Å². The van der Waals surface area contributed by atoms with Crippen LogP contribution in [0, 0.1) is 0 Å². The van der Waals surface area contributed by atoms with Gasteiger partial charge in [0, 0.05) is 6.42 Å². The predicted octanol–water partition coefficient (Wildman–Crippen LogP) is 15.8. The van der Waals surface area contributed by atoms with Crippen molar-refractivity contribution in [2.24, 2.45) is 0 Å². The van der Waals surface area contributed by atoms with Crippen molar-refractivity contribution in [2.75, 3.05) is 6.61 Å². The van der Waals surface area contributed by atoms with E-state index in [2.05, 4.69) is 99.0 Å². The highest BCUT2D eigenvalue weighted by Gasteiger charge is 2.24. The number of nitrogens with one attached hydrogen (secondary N) is 1. The summed E-state index contributed by atoms with van der Waals surface area (Å²) in [4.78, 5) is 26.1. The smallest absolute Gasteiger partial charge is 0.306 e. The second kappa shape index (κ2) is 49.3. The summed E-state index contributed by atoms with van der Waals surface area (Å²) in [7, 11) is 0. The predicted molar refractivity (Wildman–Crippen MR) is 268 cm³/mol. The number of amides is 1. The van der Waals surface area contributed by atoms with Gasteiger partial charge in [-0.2, -0.15) is 0 Å². The normalized spacial score (nSPS) is 13.8. The van der Waals surface area contributed by atoms with Crippen LogP contribution in [0.4, 0.5) is 0 Å². The maximum absolute atomic E-state index is 13.2. The van der Waals surface area contributed by atoms with Gasteiger partial charge in [-0.25, -0.2) is 0 Å². The van der Waals surface area contributed by atoms with E-state index >= 15 is 0 Å². The van der Waals surface area contributed by atoms with Crippen LogP contribution in [0.25, 0.3) is 0 Å². The van der Waals surface area contributed by atoms with Gasteiger partial charge in [-0.15, -0.1) is 0 Å². The quantitative estimate of drug-likeness (QED) is 0.0322. The zero-order chi connectivity index (χ0) is 45.2. The molecule has 0 rings (SSSR count). The van der Waals surface area contributed by atoms with E-state index in [1.54, 1.807) is 0 Å². The number of carbonyl (C=O) groups excluding carboxylic acids is 2. The number of carbonyl (C=O) groups is 2. The number of allylic oxidation sites excluding steroid dienone is 12. The first kappa shape index (κ1) is 59.3. The molecule has 0 aliphatic heterocycles. The van der Waals surface area contributed by atoms with Crippen molar-refractivity contribution in [3.63, 3.8) is 0 Å². The summed E-state index contributed by atoms with van der Waals surface area (Å²) < 4.78 is 5.92. The molecule has 3 atom stereocenters.